The number of methoxy groups -OCH3 is 1. The first kappa shape index (κ1) is 17.3. The van der Waals surface area contributed by atoms with E-state index in [1.54, 1.807) is 31.4 Å². The molecule has 1 heterocycles. The molecule has 1 amide bonds. The highest BCUT2D eigenvalue weighted by Gasteiger charge is 2.12. The number of anilines is 1. The van der Waals surface area contributed by atoms with Gasteiger partial charge in [0, 0.05) is 12.2 Å². The van der Waals surface area contributed by atoms with Crippen molar-refractivity contribution < 1.29 is 14.3 Å². The van der Waals surface area contributed by atoms with Crippen LogP contribution in [0.5, 0.6) is 11.5 Å². The summed E-state index contributed by atoms with van der Waals surface area (Å²) in [5, 5.41) is 2.89. The molecule has 3 rings (SSSR count). The molecular weight excluding hydrogens is 316 g/mol. The van der Waals surface area contributed by atoms with Crippen molar-refractivity contribution in [2.75, 3.05) is 32.1 Å². The molecule has 0 aromatic heterocycles. The lowest BCUT2D eigenvalue weighted by molar-refractivity contribution is -0.118. The van der Waals surface area contributed by atoms with Gasteiger partial charge in [0.25, 0.3) is 5.91 Å². The van der Waals surface area contributed by atoms with Crippen molar-refractivity contribution >= 4 is 11.6 Å². The number of amides is 1. The predicted molar refractivity (Wildman–Crippen MR) is 98.1 cm³/mol. The maximum atomic E-state index is 12.1. The van der Waals surface area contributed by atoms with Gasteiger partial charge in [0.15, 0.2) is 6.61 Å². The lowest BCUT2D eigenvalue weighted by Crippen LogP contribution is -2.21. The number of ether oxygens (including phenoxy) is 2. The Morgan fingerprint density at radius 3 is 2.52 bits per heavy atom. The fourth-order valence-corrected chi connectivity index (χ4v) is 2.96. The van der Waals surface area contributed by atoms with Gasteiger partial charge in [0.2, 0.25) is 0 Å². The first-order chi connectivity index (χ1) is 12.2. The van der Waals surface area contributed by atoms with Crippen LogP contribution in [0.2, 0.25) is 0 Å². The number of rotatable bonds is 7. The molecule has 0 aliphatic carbocycles. The molecule has 5 nitrogen and oxygen atoms in total. The Hall–Kier alpha value is -2.53. The van der Waals surface area contributed by atoms with Crippen LogP contribution in [-0.4, -0.2) is 37.6 Å². The fourth-order valence-electron chi connectivity index (χ4n) is 2.96. The van der Waals surface area contributed by atoms with E-state index in [-0.39, 0.29) is 12.5 Å². The summed E-state index contributed by atoms with van der Waals surface area (Å²) in [6.07, 6.45) is 2.55. The highest BCUT2D eigenvalue weighted by Crippen LogP contribution is 2.18. The number of nitrogens with zero attached hydrogens (tertiary/aromatic N) is 1. The second kappa shape index (κ2) is 8.53. The van der Waals surface area contributed by atoms with Gasteiger partial charge in [-0.15, -0.1) is 0 Å². The van der Waals surface area contributed by atoms with E-state index in [4.69, 9.17) is 9.47 Å². The first-order valence-corrected chi connectivity index (χ1v) is 8.61. The average molecular weight is 340 g/mol. The molecule has 0 spiro atoms. The van der Waals surface area contributed by atoms with E-state index in [0.29, 0.717) is 5.75 Å². The molecule has 0 radical (unpaired) electrons. The third kappa shape index (κ3) is 5.22. The highest BCUT2D eigenvalue weighted by molar-refractivity contribution is 5.91. The summed E-state index contributed by atoms with van der Waals surface area (Å²) in [5.74, 6) is 1.22. The van der Waals surface area contributed by atoms with Crippen LogP contribution in [0.15, 0.2) is 48.5 Å². The Balaban J connectivity index is 1.49. The second-order valence-corrected chi connectivity index (χ2v) is 6.20. The minimum absolute atomic E-state index is 0.0251. The summed E-state index contributed by atoms with van der Waals surface area (Å²) >= 11 is 0. The Labute approximate surface area is 148 Å². The molecule has 1 N–H and O–H groups in total. The monoisotopic (exact) mass is 340 g/mol. The Morgan fingerprint density at radius 1 is 1.08 bits per heavy atom. The van der Waals surface area contributed by atoms with Gasteiger partial charge in [-0.1, -0.05) is 12.1 Å². The van der Waals surface area contributed by atoms with E-state index in [1.165, 1.54) is 18.4 Å². The van der Waals surface area contributed by atoms with E-state index in [0.717, 1.165) is 31.1 Å². The van der Waals surface area contributed by atoms with Gasteiger partial charge < -0.3 is 14.8 Å². The second-order valence-electron chi connectivity index (χ2n) is 6.20. The molecule has 0 bridgehead atoms. The predicted octanol–water partition coefficient (Wildman–Crippen LogP) is 3.31. The summed E-state index contributed by atoms with van der Waals surface area (Å²) < 4.78 is 10.6. The van der Waals surface area contributed by atoms with Crippen LogP contribution in [0.1, 0.15) is 18.4 Å². The maximum Gasteiger partial charge on any atom is 0.262 e. The third-order valence-electron chi connectivity index (χ3n) is 4.24. The van der Waals surface area contributed by atoms with Gasteiger partial charge in [-0.25, -0.2) is 0 Å². The number of hydrogen-bond acceptors (Lipinski definition) is 4. The number of likely N-dealkylation sites (tertiary alicyclic amines) is 1. The van der Waals surface area contributed by atoms with E-state index in [1.807, 2.05) is 18.2 Å². The summed E-state index contributed by atoms with van der Waals surface area (Å²) in [6.45, 7) is 3.23. The topological polar surface area (TPSA) is 50.8 Å². The Bertz CT molecular complexity index is 694. The standard InChI is InChI=1S/C20H24N2O3/c1-24-18-7-9-19(10-8-18)25-15-20(23)21-17-6-4-5-16(13-17)14-22-11-2-3-12-22/h4-10,13H,2-3,11-12,14-15H2,1H3,(H,21,23). The minimum atomic E-state index is -0.172. The van der Waals surface area contributed by atoms with E-state index < -0.39 is 0 Å². The van der Waals surface area contributed by atoms with Crippen LogP contribution in [0, 0.1) is 0 Å². The Kier molecular flexibility index (Phi) is 5.90. The van der Waals surface area contributed by atoms with Gasteiger partial charge in [-0.3, -0.25) is 9.69 Å². The number of hydrogen-bond donors (Lipinski definition) is 1. The van der Waals surface area contributed by atoms with Crippen LogP contribution < -0.4 is 14.8 Å². The van der Waals surface area contributed by atoms with Gasteiger partial charge in [0.05, 0.1) is 7.11 Å². The first-order valence-electron chi connectivity index (χ1n) is 8.61. The van der Waals surface area contributed by atoms with Crippen LogP contribution in [0.3, 0.4) is 0 Å². The summed E-state index contributed by atoms with van der Waals surface area (Å²) in [4.78, 5) is 14.5. The van der Waals surface area contributed by atoms with Crippen LogP contribution in [0.4, 0.5) is 5.69 Å². The van der Waals surface area contributed by atoms with Gasteiger partial charge in [-0.2, -0.15) is 0 Å². The molecule has 1 aliphatic rings. The Morgan fingerprint density at radius 2 is 1.80 bits per heavy atom. The van der Waals surface area contributed by atoms with Crippen molar-refractivity contribution in [3.05, 3.63) is 54.1 Å². The zero-order chi connectivity index (χ0) is 17.5. The molecule has 0 saturated carbocycles. The molecule has 1 fully saturated rings. The van der Waals surface area contributed by atoms with Crippen molar-refractivity contribution in [1.82, 2.24) is 4.90 Å². The van der Waals surface area contributed by atoms with Crippen molar-refractivity contribution in [3.8, 4) is 11.5 Å². The molecule has 0 unspecified atom stereocenters. The maximum absolute atomic E-state index is 12.1. The van der Waals surface area contributed by atoms with E-state index in [9.17, 15) is 4.79 Å². The molecule has 1 saturated heterocycles. The molecule has 2 aromatic carbocycles. The van der Waals surface area contributed by atoms with E-state index in [2.05, 4.69) is 16.3 Å². The number of benzene rings is 2. The van der Waals surface area contributed by atoms with Crippen LogP contribution in [0.25, 0.3) is 0 Å². The van der Waals surface area contributed by atoms with Crippen LogP contribution >= 0.6 is 0 Å². The minimum Gasteiger partial charge on any atom is -0.497 e. The summed E-state index contributed by atoms with van der Waals surface area (Å²) in [5.41, 5.74) is 2.02. The van der Waals surface area contributed by atoms with Crippen molar-refractivity contribution in [1.29, 1.82) is 0 Å². The third-order valence-corrected chi connectivity index (χ3v) is 4.24. The van der Waals surface area contributed by atoms with Gasteiger partial charge in [-0.05, 0) is 67.9 Å². The zero-order valence-corrected chi connectivity index (χ0v) is 14.5. The van der Waals surface area contributed by atoms with Crippen molar-refractivity contribution in [2.24, 2.45) is 0 Å². The van der Waals surface area contributed by atoms with Gasteiger partial charge in [0.1, 0.15) is 11.5 Å². The molecule has 25 heavy (non-hydrogen) atoms. The van der Waals surface area contributed by atoms with Gasteiger partial charge >= 0.3 is 0 Å². The SMILES string of the molecule is COc1ccc(OCC(=O)Nc2cccc(CN3CCCC3)c2)cc1. The largest absolute Gasteiger partial charge is 0.497 e. The normalized spacial score (nSPS) is 14.3. The molecule has 1 aliphatic heterocycles. The number of carbonyl (C=O) groups excluding carboxylic acids is 1. The average Bonchev–Trinajstić information content (AvgIpc) is 3.14. The number of nitrogens with one attached hydrogen (secondary N) is 1. The van der Waals surface area contributed by atoms with E-state index >= 15 is 0 Å². The zero-order valence-electron chi connectivity index (χ0n) is 14.5. The number of carbonyl (C=O) groups is 1. The lowest BCUT2D eigenvalue weighted by atomic mass is 10.2. The quantitative estimate of drug-likeness (QED) is 0.840. The summed E-state index contributed by atoms with van der Waals surface area (Å²) in [6, 6.07) is 15.2. The van der Waals surface area contributed by atoms with Crippen LogP contribution in [-0.2, 0) is 11.3 Å². The molecular formula is C20H24N2O3. The van der Waals surface area contributed by atoms with Crippen molar-refractivity contribution in [2.45, 2.75) is 19.4 Å². The molecule has 2 aromatic rings. The molecule has 0 atom stereocenters. The fraction of sp³-hybridized carbons (Fsp3) is 0.350. The smallest absolute Gasteiger partial charge is 0.262 e. The summed E-state index contributed by atoms with van der Waals surface area (Å²) in [7, 11) is 1.61. The lowest BCUT2D eigenvalue weighted by Gasteiger charge is -2.15. The molecule has 5 heteroatoms. The highest BCUT2D eigenvalue weighted by atomic mass is 16.5. The molecule has 132 valence electrons. The van der Waals surface area contributed by atoms with Crippen molar-refractivity contribution in [3.63, 3.8) is 0 Å².